The van der Waals surface area contributed by atoms with Crippen LogP contribution in [0.2, 0.25) is 0 Å². The van der Waals surface area contributed by atoms with E-state index < -0.39 is 0 Å². The maximum Gasteiger partial charge on any atom is 0.0811 e. The van der Waals surface area contributed by atoms with E-state index in [4.69, 9.17) is 15.6 Å². The Labute approximate surface area is 99.4 Å². The molecule has 3 heteroatoms. The lowest BCUT2D eigenvalue weighted by atomic mass is 9.65. The van der Waals surface area contributed by atoms with Crippen molar-refractivity contribution in [2.24, 2.45) is 17.1 Å². The highest BCUT2D eigenvalue weighted by molar-refractivity contribution is 4.95. The molecule has 96 valence electrons. The van der Waals surface area contributed by atoms with E-state index in [0.29, 0.717) is 30.9 Å². The second-order valence-corrected chi connectivity index (χ2v) is 6.17. The van der Waals surface area contributed by atoms with Gasteiger partial charge in [-0.15, -0.1) is 0 Å². The van der Waals surface area contributed by atoms with E-state index in [0.717, 1.165) is 12.8 Å². The molecule has 1 rings (SSSR count). The highest BCUT2D eigenvalue weighted by atomic mass is 16.5. The maximum atomic E-state index is 8.80. The van der Waals surface area contributed by atoms with E-state index in [1.165, 1.54) is 6.42 Å². The molecule has 2 atom stereocenters. The molecule has 0 heterocycles. The first-order chi connectivity index (χ1) is 7.43. The van der Waals surface area contributed by atoms with Gasteiger partial charge < -0.3 is 15.6 Å². The third kappa shape index (κ3) is 3.72. The number of rotatable bonds is 5. The maximum absolute atomic E-state index is 8.80. The van der Waals surface area contributed by atoms with Gasteiger partial charge in [0.05, 0.1) is 5.60 Å². The van der Waals surface area contributed by atoms with Crippen LogP contribution < -0.4 is 5.73 Å². The fraction of sp³-hybridized carbons (Fsp3) is 1.00. The van der Waals surface area contributed by atoms with Crippen molar-refractivity contribution in [2.75, 3.05) is 19.8 Å². The molecule has 1 aliphatic rings. The first kappa shape index (κ1) is 13.9. The zero-order valence-electron chi connectivity index (χ0n) is 11.0. The molecule has 0 amide bonds. The fourth-order valence-corrected chi connectivity index (χ4v) is 3.34. The minimum absolute atomic E-state index is 0.156. The second kappa shape index (κ2) is 5.48. The van der Waals surface area contributed by atoms with Gasteiger partial charge >= 0.3 is 0 Å². The van der Waals surface area contributed by atoms with E-state index in [1.54, 1.807) is 0 Å². The summed E-state index contributed by atoms with van der Waals surface area (Å²) in [7, 11) is 0. The first-order valence-corrected chi connectivity index (χ1v) is 6.38. The van der Waals surface area contributed by atoms with Crippen LogP contribution in [0.5, 0.6) is 0 Å². The first-order valence-electron chi connectivity index (χ1n) is 6.38. The molecule has 1 saturated carbocycles. The van der Waals surface area contributed by atoms with E-state index in [2.05, 4.69) is 20.8 Å². The van der Waals surface area contributed by atoms with Crippen LogP contribution >= 0.6 is 0 Å². The molecule has 0 aromatic carbocycles. The minimum atomic E-state index is -0.156. The number of aliphatic hydroxyl groups is 1. The minimum Gasteiger partial charge on any atom is -0.396 e. The molecule has 0 saturated heterocycles. The van der Waals surface area contributed by atoms with Crippen LogP contribution in [-0.4, -0.2) is 30.5 Å². The van der Waals surface area contributed by atoms with E-state index in [9.17, 15) is 0 Å². The molecule has 0 spiro atoms. The predicted molar refractivity (Wildman–Crippen MR) is 66.2 cm³/mol. The van der Waals surface area contributed by atoms with Crippen LogP contribution in [0.1, 0.15) is 46.5 Å². The quantitative estimate of drug-likeness (QED) is 0.708. The van der Waals surface area contributed by atoms with Gasteiger partial charge in [-0.1, -0.05) is 20.8 Å². The molecule has 1 aliphatic carbocycles. The van der Waals surface area contributed by atoms with E-state index in [1.807, 2.05) is 0 Å². The summed E-state index contributed by atoms with van der Waals surface area (Å²) in [5.74, 6) is 0.668. The number of aliphatic hydroxyl groups excluding tert-OH is 1. The van der Waals surface area contributed by atoms with Crippen LogP contribution in [0.25, 0.3) is 0 Å². The highest BCUT2D eigenvalue weighted by Gasteiger charge is 2.42. The molecule has 0 aliphatic heterocycles. The van der Waals surface area contributed by atoms with Crippen molar-refractivity contribution in [1.29, 1.82) is 0 Å². The SMILES string of the molecule is CC1CC(C)(C)CC(CN)(OCCCO)C1. The molecular formula is C13H27NO2. The molecule has 16 heavy (non-hydrogen) atoms. The van der Waals surface area contributed by atoms with Gasteiger partial charge in [0.1, 0.15) is 0 Å². The second-order valence-electron chi connectivity index (χ2n) is 6.17. The Kier molecular flexibility index (Phi) is 4.77. The Bertz CT molecular complexity index is 218. The smallest absolute Gasteiger partial charge is 0.0811 e. The lowest BCUT2D eigenvalue weighted by molar-refractivity contribution is -0.107. The molecule has 2 unspecified atom stereocenters. The van der Waals surface area contributed by atoms with Gasteiger partial charge in [0.15, 0.2) is 0 Å². The largest absolute Gasteiger partial charge is 0.396 e. The van der Waals surface area contributed by atoms with Gasteiger partial charge in [-0.25, -0.2) is 0 Å². The van der Waals surface area contributed by atoms with Gasteiger partial charge in [0.2, 0.25) is 0 Å². The van der Waals surface area contributed by atoms with Crippen LogP contribution in [0, 0.1) is 11.3 Å². The standard InChI is InChI=1S/C13H27NO2/c1-11-7-12(2,3)9-13(8-11,10-14)16-6-4-5-15/h11,15H,4-10,14H2,1-3H3. The van der Waals surface area contributed by atoms with Crippen LogP contribution in [0.4, 0.5) is 0 Å². The van der Waals surface area contributed by atoms with Crippen molar-refractivity contribution in [2.45, 2.75) is 52.1 Å². The molecule has 0 aromatic rings. The topological polar surface area (TPSA) is 55.5 Å². The average molecular weight is 229 g/mol. The van der Waals surface area contributed by atoms with Crippen LogP contribution in [0.15, 0.2) is 0 Å². The monoisotopic (exact) mass is 229 g/mol. The van der Waals surface area contributed by atoms with Gasteiger partial charge in [0.25, 0.3) is 0 Å². The Balaban J connectivity index is 2.62. The Morgan fingerprint density at radius 3 is 2.56 bits per heavy atom. The zero-order valence-corrected chi connectivity index (χ0v) is 11.0. The van der Waals surface area contributed by atoms with Gasteiger partial charge in [0, 0.05) is 19.8 Å². The molecule has 0 bridgehead atoms. The molecule has 3 nitrogen and oxygen atoms in total. The van der Waals surface area contributed by atoms with Crippen molar-refractivity contribution in [3.8, 4) is 0 Å². The summed E-state index contributed by atoms with van der Waals surface area (Å²) in [6.45, 7) is 8.27. The molecule has 0 aromatic heterocycles. The van der Waals surface area contributed by atoms with Crippen LogP contribution in [-0.2, 0) is 4.74 Å². The van der Waals surface area contributed by atoms with Crippen molar-refractivity contribution in [3.63, 3.8) is 0 Å². The van der Waals surface area contributed by atoms with E-state index >= 15 is 0 Å². The van der Waals surface area contributed by atoms with Gasteiger partial charge in [-0.3, -0.25) is 0 Å². The third-order valence-electron chi connectivity index (χ3n) is 3.50. The summed E-state index contributed by atoms with van der Waals surface area (Å²) in [4.78, 5) is 0. The lowest BCUT2D eigenvalue weighted by Gasteiger charge is -2.47. The number of nitrogens with two attached hydrogens (primary N) is 1. The third-order valence-corrected chi connectivity index (χ3v) is 3.50. The summed E-state index contributed by atoms with van der Waals surface area (Å²) < 4.78 is 5.98. The summed E-state index contributed by atoms with van der Waals surface area (Å²) in [6.07, 6.45) is 4.04. The van der Waals surface area contributed by atoms with Crippen molar-refractivity contribution in [3.05, 3.63) is 0 Å². The average Bonchev–Trinajstić information content (AvgIpc) is 2.15. The van der Waals surface area contributed by atoms with Crippen LogP contribution in [0.3, 0.4) is 0 Å². The number of ether oxygens (including phenoxy) is 1. The predicted octanol–water partition coefficient (Wildman–Crippen LogP) is 1.93. The zero-order chi connectivity index (χ0) is 12.2. The van der Waals surface area contributed by atoms with Gasteiger partial charge in [-0.05, 0) is 37.0 Å². The lowest BCUT2D eigenvalue weighted by Crippen LogP contribution is -2.49. The normalized spacial score (nSPS) is 33.9. The van der Waals surface area contributed by atoms with Crippen molar-refractivity contribution < 1.29 is 9.84 Å². The summed E-state index contributed by atoms with van der Waals surface area (Å²) in [5, 5.41) is 8.80. The number of hydrogen-bond donors (Lipinski definition) is 2. The summed E-state index contributed by atoms with van der Waals surface area (Å²) >= 11 is 0. The molecular weight excluding hydrogens is 202 g/mol. The Morgan fingerprint density at radius 2 is 2.06 bits per heavy atom. The fourth-order valence-electron chi connectivity index (χ4n) is 3.34. The Morgan fingerprint density at radius 1 is 1.38 bits per heavy atom. The highest BCUT2D eigenvalue weighted by Crippen LogP contribution is 2.45. The summed E-state index contributed by atoms with van der Waals surface area (Å²) in [5.41, 5.74) is 6.08. The molecule has 0 radical (unpaired) electrons. The molecule has 3 N–H and O–H groups in total. The van der Waals surface area contributed by atoms with Crippen molar-refractivity contribution >= 4 is 0 Å². The van der Waals surface area contributed by atoms with Crippen molar-refractivity contribution in [1.82, 2.24) is 0 Å². The summed E-state index contributed by atoms with van der Waals surface area (Å²) in [6, 6.07) is 0. The number of hydrogen-bond acceptors (Lipinski definition) is 3. The molecule has 1 fully saturated rings. The Hall–Kier alpha value is -0.120. The van der Waals surface area contributed by atoms with E-state index in [-0.39, 0.29) is 12.2 Å². The van der Waals surface area contributed by atoms with Gasteiger partial charge in [-0.2, -0.15) is 0 Å².